The summed E-state index contributed by atoms with van der Waals surface area (Å²) in [7, 11) is 0. The highest BCUT2D eigenvalue weighted by Gasteiger charge is 2.15. The molecule has 0 saturated carbocycles. The van der Waals surface area contributed by atoms with Crippen molar-refractivity contribution in [2.45, 2.75) is 13.8 Å². The first-order valence-electron chi connectivity index (χ1n) is 7.38. The predicted octanol–water partition coefficient (Wildman–Crippen LogP) is 2.92. The van der Waals surface area contributed by atoms with Gasteiger partial charge in [-0.15, -0.1) is 0 Å². The van der Waals surface area contributed by atoms with Gasteiger partial charge in [-0.25, -0.2) is 9.78 Å². The number of hydrogen-bond donors (Lipinski definition) is 0. The van der Waals surface area contributed by atoms with Crippen molar-refractivity contribution >= 4 is 33.6 Å². The van der Waals surface area contributed by atoms with E-state index in [1.54, 1.807) is 19.3 Å². The molecule has 0 spiro atoms. The number of carbonyl (C=O) groups excluding carboxylic acids is 1. The first kappa shape index (κ1) is 13.6. The lowest BCUT2D eigenvalue weighted by Gasteiger charge is -2.07. The van der Waals surface area contributed by atoms with Crippen molar-refractivity contribution in [3.63, 3.8) is 0 Å². The molecule has 0 N–H and O–H groups in total. The van der Waals surface area contributed by atoms with E-state index in [4.69, 9.17) is 4.74 Å². The number of imidazole rings is 1. The number of nitrogens with zero attached hydrogens (tertiary/aromatic N) is 4. The number of esters is 1. The molecule has 4 aromatic rings. The Bertz CT molecular complexity index is 1070. The molecule has 114 valence electrons. The van der Waals surface area contributed by atoms with Crippen molar-refractivity contribution in [3.05, 3.63) is 48.0 Å². The van der Waals surface area contributed by atoms with Crippen molar-refractivity contribution in [1.29, 1.82) is 0 Å². The second-order valence-electron chi connectivity index (χ2n) is 5.26. The van der Waals surface area contributed by atoms with Crippen molar-refractivity contribution in [1.82, 2.24) is 19.4 Å². The summed E-state index contributed by atoms with van der Waals surface area (Å²) in [6.07, 6.45) is 5.41. The van der Waals surface area contributed by atoms with Crippen LogP contribution in [-0.2, 0) is 4.74 Å². The molecule has 0 aliphatic rings. The van der Waals surface area contributed by atoms with Crippen LogP contribution in [0, 0.1) is 6.92 Å². The average molecular weight is 306 g/mol. The molecule has 6 heteroatoms. The monoisotopic (exact) mass is 306 g/mol. The number of carbonyl (C=O) groups is 1. The summed E-state index contributed by atoms with van der Waals surface area (Å²) < 4.78 is 7.07. The summed E-state index contributed by atoms with van der Waals surface area (Å²) in [5, 5.41) is 0.817. The van der Waals surface area contributed by atoms with Gasteiger partial charge in [-0.1, -0.05) is 0 Å². The normalized spacial score (nSPS) is 11.4. The number of rotatable bonds is 2. The minimum absolute atomic E-state index is 0.333. The minimum Gasteiger partial charge on any atom is -0.462 e. The summed E-state index contributed by atoms with van der Waals surface area (Å²) >= 11 is 0. The number of fused-ring (bicyclic) bond motifs is 5. The van der Waals surface area contributed by atoms with E-state index in [1.807, 2.05) is 35.7 Å². The molecular weight excluding hydrogens is 292 g/mol. The number of aryl methyl sites for hydroxylation is 1. The minimum atomic E-state index is -0.362. The van der Waals surface area contributed by atoms with Gasteiger partial charge in [0.1, 0.15) is 5.65 Å². The van der Waals surface area contributed by atoms with Gasteiger partial charge in [0.15, 0.2) is 0 Å². The number of aromatic nitrogens is 4. The van der Waals surface area contributed by atoms with Gasteiger partial charge in [-0.05, 0) is 32.0 Å². The molecule has 6 nitrogen and oxygen atoms in total. The van der Waals surface area contributed by atoms with Gasteiger partial charge in [0.05, 0.1) is 40.6 Å². The van der Waals surface area contributed by atoms with Crippen molar-refractivity contribution in [2.75, 3.05) is 6.61 Å². The Hall–Kier alpha value is -3.02. The van der Waals surface area contributed by atoms with Gasteiger partial charge >= 0.3 is 5.97 Å². The summed E-state index contributed by atoms with van der Waals surface area (Å²) in [4.78, 5) is 25.4. The SMILES string of the molecule is CCOC(=O)c1cc2c(ccn3c4cnccc4nc23)nc1C. The van der Waals surface area contributed by atoms with Crippen molar-refractivity contribution < 1.29 is 9.53 Å². The van der Waals surface area contributed by atoms with E-state index in [-0.39, 0.29) is 5.97 Å². The van der Waals surface area contributed by atoms with Crippen LogP contribution in [-0.4, -0.2) is 31.9 Å². The second-order valence-corrected chi connectivity index (χ2v) is 5.26. The van der Waals surface area contributed by atoms with Crippen LogP contribution in [0.4, 0.5) is 0 Å². The van der Waals surface area contributed by atoms with E-state index in [2.05, 4.69) is 15.0 Å². The van der Waals surface area contributed by atoms with Crippen LogP contribution in [0.1, 0.15) is 23.0 Å². The highest BCUT2D eigenvalue weighted by molar-refractivity contribution is 6.01. The van der Waals surface area contributed by atoms with Crippen LogP contribution in [0.2, 0.25) is 0 Å². The maximum absolute atomic E-state index is 12.1. The molecule has 0 bridgehead atoms. The fourth-order valence-corrected chi connectivity index (χ4v) is 2.77. The van der Waals surface area contributed by atoms with Gasteiger partial charge in [-0.2, -0.15) is 0 Å². The van der Waals surface area contributed by atoms with E-state index >= 15 is 0 Å². The molecule has 0 amide bonds. The molecule has 0 aromatic carbocycles. The van der Waals surface area contributed by atoms with Crippen LogP contribution in [0.25, 0.3) is 27.6 Å². The third-order valence-electron chi connectivity index (χ3n) is 3.85. The van der Waals surface area contributed by atoms with Gasteiger partial charge in [0.25, 0.3) is 0 Å². The van der Waals surface area contributed by atoms with Crippen molar-refractivity contribution in [2.24, 2.45) is 0 Å². The first-order chi connectivity index (χ1) is 11.2. The van der Waals surface area contributed by atoms with Gasteiger partial charge < -0.3 is 4.74 Å². The average Bonchev–Trinajstić information content (AvgIpc) is 2.93. The summed E-state index contributed by atoms with van der Waals surface area (Å²) in [6, 6.07) is 5.59. The largest absolute Gasteiger partial charge is 0.462 e. The quantitative estimate of drug-likeness (QED) is 0.533. The Morgan fingerprint density at radius 1 is 1.26 bits per heavy atom. The summed E-state index contributed by atoms with van der Waals surface area (Å²) in [5.74, 6) is -0.362. The van der Waals surface area contributed by atoms with E-state index < -0.39 is 0 Å². The zero-order chi connectivity index (χ0) is 16.0. The van der Waals surface area contributed by atoms with Crippen LogP contribution in [0.3, 0.4) is 0 Å². The van der Waals surface area contributed by atoms with Crippen molar-refractivity contribution in [3.8, 4) is 0 Å². The Morgan fingerprint density at radius 2 is 2.13 bits per heavy atom. The van der Waals surface area contributed by atoms with Crippen LogP contribution < -0.4 is 0 Å². The molecule has 0 fully saturated rings. The number of hydrogen-bond acceptors (Lipinski definition) is 5. The molecule has 4 aromatic heterocycles. The van der Waals surface area contributed by atoms with Gasteiger partial charge in [0.2, 0.25) is 0 Å². The molecule has 0 aliphatic carbocycles. The van der Waals surface area contributed by atoms with Gasteiger partial charge in [0, 0.05) is 17.8 Å². The lowest BCUT2D eigenvalue weighted by atomic mass is 10.1. The number of ether oxygens (including phenoxy) is 1. The molecule has 0 aliphatic heterocycles. The zero-order valence-corrected chi connectivity index (χ0v) is 12.8. The van der Waals surface area contributed by atoms with Crippen LogP contribution in [0.5, 0.6) is 0 Å². The van der Waals surface area contributed by atoms with Crippen LogP contribution in [0.15, 0.2) is 36.8 Å². The van der Waals surface area contributed by atoms with Gasteiger partial charge in [-0.3, -0.25) is 14.4 Å². The Kier molecular flexibility index (Phi) is 2.97. The molecule has 0 saturated heterocycles. The summed E-state index contributed by atoms with van der Waals surface area (Å²) in [5.41, 5.74) is 4.44. The van der Waals surface area contributed by atoms with E-state index in [0.717, 1.165) is 27.6 Å². The maximum atomic E-state index is 12.1. The standard InChI is InChI=1S/C17H14N4O2/c1-3-23-17(22)11-8-12-13(19-10(11)2)5-7-21-15-9-18-6-4-14(15)20-16(12)21/h4-9H,3H2,1-2H3. The summed E-state index contributed by atoms with van der Waals surface area (Å²) in [6.45, 7) is 3.93. The molecule has 0 atom stereocenters. The highest BCUT2D eigenvalue weighted by Crippen LogP contribution is 2.24. The fraction of sp³-hybridized carbons (Fsp3) is 0.176. The third-order valence-corrected chi connectivity index (χ3v) is 3.85. The first-order valence-corrected chi connectivity index (χ1v) is 7.38. The molecule has 4 heterocycles. The molecule has 4 rings (SSSR count). The Morgan fingerprint density at radius 3 is 2.96 bits per heavy atom. The second kappa shape index (κ2) is 5.01. The topological polar surface area (TPSA) is 69.4 Å². The van der Waals surface area contributed by atoms with E-state index in [1.165, 1.54) is 0 Å². The Balaban J connectivity index is 2.07. The maximum Gasteiger partial charge on any atom is 0.339 e. The molecular formula is C17H14N4O2. The highest BCUT2D eigenvalue weighted by atomic mass is 16.5. The smallest absolute Gasteiger partial charge is 0.339 e. The zero-order valence-electron chi connectivity index (χ0n) is 12.8. The van der Waals surface area contributed by atoms with E-state index in [9.17, 15) is 4.79 Å². The predicted molar refractivity (Wildman–Crippen MR) is 86.5 cm³/mol. The Labute approximate surface area is 131 Å². The lowest BCUT2D eigenvalue weighted by Crippen LogP contribution is -2.08. The molecule has 0 radical (unpaired) electrons. The van der Waals surface area contributed by atoms with Crippen LogP contribution >= 0.6 is 0 Å². The molecule has 23 heavy (non-hydrogen) atoms. The third kappa shape index (κ3) is 2.03. The number of pyridine rings is 3. The van der Waals surface area contributed by atoms with E-state index in [0.29, 0.717) is 17.9 Å². The molecule has 0 unspecified atom stereocenters. The fourth-order valence-electron chi connectivity index (χ4n) is 2.77. The lowest BCUT2D eigenvalue weighted by molar-refractivity contribution is 0.0525.